The molecule has 0 aliphatic heterocycles. The molecule has 6 heteroatoms. The van der Waals surface area contributed by atoms with Gasteiger partial charge in [0.15, 0.2) is 0 Å². The van der Waals surface area contributed by atoms with E-state index in [-0.39, 0.29) is 0 Å². The quantitative estimate of drug-likeness (QED) is 0.745. The van der Waals surface area contributed by atoms with Gasteiger partial charge in [0.2, 0.25) is 0 Å². The summed E-state index contributed by atoms with van der Waals surface area (Å²) in [6, 6.07) is 15.0. The highest BCUT2D eigenvalue weighted by Gasteiger charge is 2.16. The van der Waals surface area contributed by atoms with E-state index in [1.807, 2.05) is 53.9 Å². The lowest BCUT2D eigenvalue weighted by molar-refractivity contribution is 0.126. The lowest BCUT2D eigenvalue weighted by Gasteiger charge is -2.16. The van der Waals surface area contributed by atoms with E-state index in [0.29, 0.717) is 0 Å². The summed E-state index contributed by atoms with van der Waals surface area (Å²) in [5.74, 6) is 0. The molecule has 0 atom stereocenters. The van der Waals surface area contributed by atoms with Crippen molar-refractivity contribution < 1.29 is 9.63 Å². The van der Waals surface area contributed by atoms with Gasteiger partial charge in [-0.05, 0) is 29.6 Å². The molecule has 1 amide bonds. The first-order chi connectivity index (χ1) is 10.3. The molecule has 0 fully saturated rings. The van der Waals surface area contributed by atoms with Crippen molar-refractivity contribution in [2.75, 3.05) is 11.9 Å². The molecule has 0 N–H and O–H groups in total. The zero-order valence-electron chi connectivity index (χ0n) is 11.3. The minimum atomic E-state index is -0.497. The first kappa shape index (κ1) is 13.4. The van der Waals surface area contributed by atoms with Crippen LogP contribution in [0.2, 0.25) is 0 Å². The number of thiophene rings is 1. The predicted octanol–water partition coefficient (Wildman–Crippen LogP) is 3.30. The molecule has 2 heterocycles. The molecule has 0 radical (unpaired) electrons. The van der Waals surface area contributed by atoms with Gasteiger partial charge in [-0.1, -0.05) is 29.1 Å². The summed E-state index contributed by atoms with van der Waals surface area (Å²) >= 11 is 1.56. The van der Waals surface area contributed by atoms with Crippen molar-refractivity contribution in [3.8, 4) is 10.6 Å². The summed E-state index contributed by atoms with van der Waals surface area (Å²) < 4.78 is 0. The minimum absolute atomic E-state index is 0.497. The summed E-state index contributed by atoms with van der Waals surface area (Å²) in [7, 11) is 1.66. The minimum Gasteiger partial charge on any atom is -0.298 e. The van der Waals surface area contributed by atoms with Gasteiger partial charge in [0.25, 0.3) is 0 Å². The highest BCUT2D eigenvalue weighted by Crippen LogP contribution is 2.23. The van der Waals surface area contributed by atoms with Crippen molar-refractivity contribution in [3.63, 3.8) is 0 Å². The molecular weight excluding hydrogens is 286 g/mol. The van der Waals surface area contributed by atoms with Crippen LogP contribution in [0.5, 0.6) is 0 Å². The Kier molecular flexibility index (Phi) is 3.70. The van der Waals surface area contributed by atoms with Crippen molar-refractivity contribution >= 4 is 23.1 Å². The smallest absolute Gasteiger partial charge is 0.298 e. The van der Waals surface area contributed by atoms with E-state index in [9.17, 15) is 4.79 Å². The molecule has 3 rings (SSSR count). The van der Waals surface area contributed by atoms with Crippen LogP contribution in [0, 0.1) is 0 Å². The topological polar surface area (TPSA) is 47.4 Å². The molecule has 3 aromatic rings. The Morgan fingerprint density at radius 1 is 1.19 bits per heavy atom. The molecular formula is C15H13N3O2S. The first-order valence-electron chi connectivity index (χ1n) is 6.34. The van der Waals surface area contributed by atoms with Crippen molar-refractivity contribution in [2.45, 2.75) is 0 Å². The van der Waals surface area contributed by atoms with Gasteiger partial charge < -0.3 is 0 Å². The SMILES string of the molecule is CN(C(=O)On1nccc1-c1cccs1)c1ccccc1. The van der Waals surface area contributed by atoms with Crippen LogP contribution < -0.4 is 9.74 Å². The summed E-state index contributed by atoms with van der Waals surface area (Å²) in [5.41, 5.74) is 1.51. The third-order valence-electron chi connectivity index (χ3n) is 2.97. The van der Waals surface area contributed by atoms with Gasteiger partial charge in [0.1, 0.15) is 5.69 Å². The number of anilines is 1. The molecule has 0 bridgehead atoms. The number of hydrogen-bond acceptors (Lipinski definition) is 4. The van der Waals surface area contributed by atoms with Crippen molar-refractivity contribution in [3.05, 3.63) is 60.1 Å². The average Bonchev–Trinajstić information content (AvgIpc) is 3.18. The van der Waals surface area contributed by atoms with Crippen LogP contribution in [-0.2, 0) is 0 Å². The number of para-hydroxylation sites is 1. The van der Waals surface area contributed by atoms with Gasteiger partial charge >= 0.3 is 6.09 Å². The van der Waals surface area contributed by atoms with Crippen molar-refractivity contribution in [1.82, 2.24) is 9.94 Å². The van der Waals surface area contributed by atoms with E-state index in [1.165, 1.54) is 9.75 Å². The molecule has 0 unspecified atom stereocenters. The van der Waals surface area contributed by atoms with Crippen LogP contribution in [0.25, 0.3) is 10.6 Å². The van der Waals surface area contributed by atoms with Crippen LogP contribution in [0.3, 0.4) is 0 Å². The number of carbonyl (C=O) groups excluding carboxylic acids is 1. The molecule has 2 aromatic heterocycles. The van der Waals surface area contributed by atoms with Crippen LogP contribution in [0.15, 0.2) is 60.1 Å². The maximum Gasteiger partial charge on any atom is 0.440 e. The Morgan fingerprint density at radius 3 is 2.71 bits per heavy atom. The van der Waals surface area contributed by atoms with Gasteiger partial charge in [0.05, 0.1) is 11.1 Å². The summed E-state index contributed by atoms with van der Waals surface area (Å²) in [6.45, 7) is 0. The van der Waals surface area contributed by atoms with E-state index < -0.39 is 6.09 Å². The Hall–Kier alpha value is -2.60. The first-order valence-corrected chi connectivity index (χ1v) is 7.22. The van der Waals surface area contributed by atoms with Gasteiger partial charge in [-0.3, -0.25) is 9.74 Å². The molecule has 0 aliphatic rings. The van der Waals surface area contributed by atoms with E-state index >= 15 is 0 Å². The van der Waals surface area contributed by atoms with E-state index in [2.05, 4.69) is 5.10 Å². The second-order valence-electron chi connectivity index (χ2n) is 4.32. The van der Waals surface area contributed by atoms with Crippen molar-refractivity contribution in [1.29, 1.82) is 0 Å². The van der Waals surface area contributed by atoms with Crippen molar-refractivity contribution in [2.24, 2.45) is 0 Å². The molecule has 106 valence electrons. The molecule has 21 heavy (non-hydrogen) atoms. The third kappa shape index (κ3) is 2.80. The third-order valence-corrected chi connectivity index (χ3v) is 3.86. The van der Waals surface area contributed by atoms with E-state index in [4.69, 9.17) is 4.84 Å². The van der Waals surface area contributed by atoms with Gasteiger partial charge in [-0.2, -0.15) is 0 Å². The zero-order valence-corrected chi connectivity index (χ0v) is 12.2. The second kappa shape index (κ2) is 5.80. The fraction of sp³-hybridized carbons (Fsp3) is 0.0667. The number of hydrogen-bond donors (Lipinski definition) is 0. The molecule has 0 spiro atoms. The molecule has 0 aliphatic carbocycles. The lowest BCUT2D eigenvalue weighted by atomic mass is 10.3. The number of benzene rings is 1. The van der Waals surface area contributed by atoms with Gasteiger partial charge in [0, 0.05) is 12.7 Å². The van der Waals surface area contributed by atoms with Crippen LogP contribution in [0.4, 0.5) is 10.5 Å². The number of rotatable bonds is 3. The monoisotopic (exact) mass is 299 g/mol. The zero-order chi connectivity index (χ0) is 14.7. The van der Waals surface area contributed by atoms with Gasteiger partial charge in [-0.15, -0.1) is 16.4 Å². The Bertz CT molecular complexity index is 722. The highest BCUT2D eigenvalue weighted by molar-refractivity contribution is 7.13. The normalized spacial score (nSPS) is 10.3. The van der Waals surface area contributed by atoms with E-state index in [1.54, 1.807) is 24.6 Å². The summed E-state index contributed by atoms with van der Waals surface area (Å²) in [6.07, 6.45) is 1.10. The number of aromatic nitrogens is 2. The molecule has 1 aromatic carbocycles. The van der Waals surface area contributed by atoms with Crippen LogP contribution in [-0.4, -0.2) is 23.1 Å². The largest absolute Gasteiger partial charge is 0.440 e. The van der Waals surface area contributed by atoms with E-state index in [0.717, 1.165) is 16.3 Å². The lowest BCUT2D eigenvalue weighted by Crippen LogP contribution is -2.34. The number of nitrogens with zero attached hydrogens (tertiary/aromatic N) is 3. The standard InChI is InChI=1S/C15H13N3O2S/c1-17(12-6-3-2-4-7-12)15(19)20-18-13(9-10-16-18)14-8-5-11-21-14/h2-11H,1H3. The Balaban J connectivity index is 1.78. The van der Waals surface area contributed by atoms with Gasteiger partial charge in [-0.25, -0.2) is 4.79 Å². The fourth-order valence-corrected chi connectivity index (χ4v) is 2.58. The maximum atomic E-state index is 12.2. The fourth-order valence-electron chi connectivity index (χ4n) is 1.86. The molecule has 0 saturated heterocycles. The summed E-state index contributed by atoms with van der Waals surface area (Å²) in [5, 5.41) is 6.00. The summed E-state index contributed by atoms with van der Waals surface area (Å²) in [4.78, 5) is 21.2. The highest BCUT2D eigenvalue weighted by atomic mass is 32.1. The Labute approximate surface area is 126 Å². The number of carbonyl (C=O) groups is 1. The Morgan fingerprint density at radius 2 is 2.00 bits per heavy atom. The van der Waals surface area contributed by atoms with Crippen LogP contribution in [0.1, 0.15) is 0 Å². The predicted molar refractivity (Wildman–Crippen MR) is 82.4 cm³/mol. The second-order valence-corrected chi connectivity index (χ2v) is 5.27. The number of amides is 1. The molecule has 0 saturated carbocycles. The van der Waals surface area contributed by atoms with Crippen LogP contribution >= 0.6 is 11.3 Å². The average molecular weight is 299 g/mol. The molecule has 5 nitrogen and oxygen atoms in total. The maximum absolute atomic E-state index is 12.2.